The lowest BCUT2D eigenvalue weighted by atomic mass is 10.0. The smallest absolute Gasteiger partial charge is 0.260 e. The third-order valence-corrected chi connectivity index (χ3v) is 5.93. The van der Waals surface area contributed by atoms with Gasteiger partial charge in [-0.05, 0) is 37.1 Å². The van der Waals surface area contributed by atoms with Crippen LogP contribution in [0.2, 0.25) is 0 Å². The highest BCUT2D eigenvalue weighted by atomic mass is 35.5. The summed E-state index contributed by atoms with van der Waals surface area (Å²) in [6.45, 7) is 4.80. The molecule has 2 heterocycles. The van der Waals surface area contributed by atoms with Gasteiger partial charge in [0, 0.05) is 18.0 Å². The highest BCUT2D eigenvalue weighted by Gasteiger charge is 2.28. The number of carbonyl (C=O) groups is 2. The van der Waals surface area contributed by atoms with Gasteiger partial charge >= 0.3 is 0 Å². The number of fused-ring (bicyclic) bond motifs is 1. The monoisotopic (exact) mass is 439 g/mol. The van der Waals surface area contributed by atoms with E-state index < -0.39 is 5.91 Å². The molecule has 0 radical (unpaired) electrons. The highest BCUT2D eigenvalue weighted by Crippen LogP contribution is 2.38. The molecule has 3 N–H and O–H groups in total. The van der Waals surface area contributed by atoms with Gasteiger partial charge in [0.05, 0.1) is 25.3 Å². The van der Waals surface area contributed by atoms with Gasteiger partial charge in [-0.25, -0.2) is 0 Å². The van der Waals surface area contributed by atoms with E-state index in [4.69, 9.17) is 15.2 Å². The molecule has 0 unspecified atom stereocenters. The predicted octanol–water partition coefficient (Wildman–Crippen LogP) is 3.31. The van der Waals surface area contributed by atoms with Gasteiger partial charge < -0.3 is 20.5 Å². The first kappa shape index (κ1) is 23.0. The summed E-state index contributed by atoms with van der Waals surface area (Å²) >= 11 is 1.42. The first-order valence-corrected chi connectivity index (χ1v) is 10.0. The Labute approximate surface area is 180 Å². The number of primary amides is 1. The number of carbonyl (C=O) groups excluding carboxylic acids is 2. The van der Waals surface area contributed by atoms with Crippen molar-refractivity contribution in [2.45, 2.75) is 26.3 Å². The fourth-order valence-electron chi connectivity index (χ4n) is 3.55. The molecule has 1 aromatic carbocycles. The van der Waals surface area contributed by atoms with E-state index in [2.05, 4.69) is 17.1 Å². The summed E-state index contributed by atoms with van der Waals surface area (Å²) in [6, 6.07) is 5.08. The molecular weight excluding hydrogens is 414 g/mol. The molecule has 2 amide bonds. The van der Waals surface area contributed by atoms with Crippen molar-refractivity contribution in [3.05, 3.63) is 39.8 Å². The highest BCUT2D eigenvalue weighted by molar-refractivity contribution is 7.17. The molecule has 9 heteroatoms. The molecule has 1 aliphatic rings. The van der Waals surface area contributed by atoms with Crippen molar-refractivity contribution in [2.24, 2.45) is 5.73 Å². The number of hydrogen-bond donors (Lipinski definition) is 2. The Morgan fingerprint density at radius 3 is 2.66 bits per heavy atom. The van der Waals surface area contributed by atoms with Crippen LogP contribution in [-0.4, -0.2) is 44.0 Å². The maximum absolute atomic E-state index is 12.9. The molecule has 2 aromatic rings. The average Bonchev–Trinajstić information content (AvgIpc) is 3.04. The van der Waals surface area contributed by atoms with Crippen LogP contribution in [0.1, 0.15) is 44.5 Å². The third kappa shape index (κ3) is 4.66. The summed E-state index contributed by atoms with van der Waals surface area (Å²) in [5.41, 5.74) is 7.36. The van der Waals surface area contributed by atoms with Gasteiger partial charge in [0.15, 0.2) is 11.5 Å². The predicted molar refractivity (Wildman–Crippen MR) is 117 cm³/mol. The van der Waals surface area contributed by atoms with Crippen molar-refractivity contribution in [2.75, 3.05) is 32.6 Å². The number of thiophene rings is 1. The number of nitrogens with two attached hydrogens (primary N) is 1. The Kier molecular flexibility index (Phi) is 7.89. The summed E-state index contributed by atoms with van der Waals surface area (Å²) in [5.74, 6) is -0.0823. The minimum Gasteiger partial charge on any atom is -0.493 e. The van der Waals surface area contributed by atoms with Gasteiger partial charge in [-0.2, -0.15) is 0 Å². The summed E-state index contributed by atoms with van der Waals surface area (Å²) < 4.78 is 10.6. The fourth-order valence-corrected chi connectivity index (χ4v) is 4.84. The van der Waals surface area contributed by atoms with Crippen LogP contribution in [0.25, 0.3) is 0 Å². The van der Waals surface area contributed by atoms with Crippen LogP contribution in [-0.2, 0) is 13.0 Å². The van der Waals surface area contributed by atoms with E-state index in [0.717, 1.165) is 42.9 Å². The lowest BCUT2D eigenvalue weighted by molar-refractivity contribution is 0.1000. The number of benzene rings is 1. The number of amides is 2. The van der Waals surface area contributed by atoms with E-state index in [1.807, 2.05) is 0 Å². The largest absolute Gasteiger partial charge is 0.493 e. The zero-order chi connectivity index (χ0) is 20.3. The molecule has 1 aliphatic heterocycles. The molecule has 0 aliphatic carbocycles. The molecule has 0 fully saturated rings. The molecule has 158 valence electrons. The molecule has 29 heavy (non-hydrogen) atoms. The molecule has 0 spiro atoms. The second kappa shape index (κ2) is 9.96. The average molecular weight is 440 g/mol. The molecular formula is C20H26ClN3O4S. The van der Waals surface area contributed by atoms with E-state index in [0.29, 0.717) is 27.6 Å². The number of rotatable bonds is 7. The van der Waals surface area contributed by atoms with Crippen LogP contribution in [0.3, 0.4) is 0 Å². The lowest BCUT2D eigenvalue weighted by Gasteiger charge is -2.26. The standard InChI is InChI=1S/C20H25N3O4S.ClH/c1-4-9-23-10-8-12-15(11-23)28-20(16(12)18(21)24)22-19(25)13-6-5-7-14(26-2)17(13)27-3;/h5-7H,4,8-11H2,1-3H3,(H2,21,24)(H,22,25);1H. The maximum Gasteiger partial charge on any atom is 0.260 e. The number of hydrogen-bond acceptors (Lipinski definition) is 6. The minimum absolute atomic E-state index is 0. The van der Waals surface area contributed by atoms with Crippen molar-refractivity contribution in [3.8, 4) is 11.5 Å². The lowest BCUT2D eigenvalue weighted by Crippen LogP contribution is -2.31. The zero-order valence-electron chi connectivity index (χ0n) is 16.7. The Morgan fingerprint density at radius 2 is 2.03 bits per heavy atom. The first-order valence-electron chi connectivity index (χ1n) is 9.19. The van der Waals surface area contributed by atoms with Crippen molar-refractivity contribution in [1.82, 2.24) is 4.90 Å². The van der Waals surface area contributed by atoms with Crippen LogP contribution >= 0.6 is 23.7 Å². The molecule has 3 rings (SSSR count). The third-order valence-electron chi connectivity index (χ3n) is 4.80. The van der Waals surface area contributed by atoms with E-state index >= 15 is 0 Å². The van der Waals surface area contributed by atoms with E-state index in [1.54, 1.807) is 18.2 Å². The van der Waals surface area contributed by atoms with Crippen molar-refractivity contribution >= 4 is 40.6 Å². The van der Waals surface area contributed by atoms with Gasteiger partial charge in [-0.1, -0.05) is 13.0 Å². The van der Waals surface area contributed by atoms with Crippen molar-refractivity contribution < 1.29 is 19.1 Å². The van der Waals surface area contributed by atoms with Crippen LogP contribution in [0, 0.1) is 0 Å². The van der Waals surface area contributed by atoms with Crippen LogP contribution in [0.5, 0.6) is 11.5 Å². The van der Waals surface area contributed by atoms with Crippen molar-refractivity contribution in [1.29, 1.82) is 0 Å². The Bertz CT molecular complexity index is 900. The van der Waals surface area contributed by atoms with Crippen LogP contribution < -0.4 is 20.5 Å². The Hall–Kier alpha value is -2.29. The van der Waals surface area contributed by atoms with E-state index in [-0.39, 0.29) is 18.3 Å². The Morgan fingerprint density at radius 1 is 1.28 bits per heavy atom. The van der Waals surface area contributed by atoms with Crippen LogP contribution in [0.15, 0.2) is 18.2 Å². The zero-order valence-corrected chi connectivity index (χ0v) is 18.4. The number of methoxy groups -OCH3 is 2. The summed E-state index contributed by atoms with van der Waals surface area (Å²) in [5, 5.41) is 3.35. The van der Waals surface area contributed by atoms with Crippen LogP contribution in [0.4, 0.5) is 5.00 Å². The number of para-hydroxylation sites is 1. The second-order valence-electron chi connectivity index (χ2n) is 6.59. The quantitative estimate of drug-likeness (QED) is 0.690. The first-order chi connectivity index (χ1) is 13.5. The number of ether oxygens (including phenoxy) is 2. The van der Waals surface area contributed by atoms with E-state index in [9.17, 15) is 9.59 Å². The number of halogens is 1. The second-order valence-corrected chi connectivity index (χ2v) is 7.70. The summed E-state index contributed by atoms with van der Waals surface area (Å²) in [6.07, 6.45) is 1.82. The number of anilines is 1. The normalized spacial score (nSPS) is 13.2. The topological polar surface area (TPSA) is 93.9 Å². The fraction of sp³-hybridized carbons (Fsp3) is 0.400. The summed E-state index contributed by atoms with van der Waals surface area (Å²) in [4.78, 5) is 28.5. The van der Waals surface area contributed by atoms with Gasteiger partial charge in [0.25, 0.3) is 11.8 Å². The molecule has 1 aromatic heterocycles. The number of nitrogens with zero attached hydrogens (tertiary/aromatic N) is 1. The van der Waals surface area contributed by atoms with E-state index in [1.165, 1.54) is 25.6 Å². The van der Waals surface area contributed by atoms with Gasteiger partial charge in [-0.15, -0.1) is 23.7 Å². The molecule has 0 saturated heterocycles. The SMILES string of the molecule is CCCN1CCc2c(sc(NC(=O)c3cccc(OC)c3OC)c2C(N)=O)C1.Cl. The molecule has 0 bridgehead atoms. The van der Waals surface area contributed by atoms with Gasteiger partial charge in [0.1, 0.15) is 5.00 Å². The maximum atomic E-state index is 12.9. The summed E-state index contributed by atoms with van der Waals surface area (Å²) in [7, 11) is 3.00. The Balaban J connectivity index is 0.00000300. The number of nitrogens with one attached hydrogen (secondary N) is 1. The van der Waals surface area contributed by atoms with Crippen molar-refractivity contribution in [3.63, 3.8) is 0 Å². The minimum atomic E-state index is -0.519. The molecule has 7 nitrogen and oxygen atoms in total. The molecule has 0 saturated carbocycles. The molecule has 0 atom stereocenters. The van der Waals surface area contributed by atoms with Gasteiger partial charge in [0.2, 0.25) is 0 Å². The van der Waals surface area contributed by atoms with Gasteiger partial charge in [-0.3, -0.25) is 14.5 Å².